The first-order chi connectivity index (χ1) is 8.83. The van der Waals surface area contributed by atoms with Crippen LogP contribution in [0.3, 0.4) is 0 Å². The third-order valence-electron chi connectivity index (χ3n) is 4.82. The van der Waals surface area contributed by atoms with E-state index in [1.54, 1.807) is 0 Å². The van der Waals surface area contributed by atoms with Crippen LogP contribution < -0.4 is 5.32 Å². The SMILES string of the molecule is O=C(CC1CNC1)N(CC1CCCCC1)C1CC1. The molecule has 1 N–H and O–H groups in total. The molecule has 3 rings (SSSR count). The average Bonchev–Trinajstić information content (AvgIpc) is 3.16. The molecule has 1 heterocycles. The second-order valence-electron chi connectivity index (χ2n) is 6.51. The maximum absolute atomic E-state index is 12.4. The smallest absolute Gasteiger partial charge is 0.223 e. The minimum Gasteiger partial charge on any atom is -0.339 e. The van der Waals surface area contributed by atoms with Crippen LogP contribution in [-0.2, 0) is 4.79 Å². The van der Waals surface area contributed by atoms with E-state index in [1.165, 1.54) is 44.9 Å². The Labute approximate surface area is 110 Å². The third-order valence-corrected chi connectivity index (χ3v) is 4.82. The molecule has 3 aliphatic rings. The van der Waals surface area contributed by atoms with Gasteiger partial charge in [0, 0.05) is 19.0 Å². The van der Waals surface area contributed by atoms with Gasteiger partial charge in [-0.15, -0.1) is 0 Å². The maximum atomic E-state index is 12.4. The number of nitrogens with one attached hydrogen (secondary N) is 1. The average molecular weight is 250 g/mol. The van der Waals surface area contributed by atoms with Gasteiger partial charge >= 0.3 is 0 Å². The van der Waals surface area contributed by atoms with E-state index in [-0.39, 0.29) is 0 Å². The molecule has 2 saturated carbocycles. The van der Waals surface area contributed by atoms with Crippen LogP contribution in [0.2, 0.25) is 0 Å². The van der Waals surface area contributed by atoms with Gasteiger partial charge in [-0.05, 0) is 50.6 Å². The highest BCUT2D eigenvalue weighted by Gasteiger charge is 2.35. The van der Waals surface area contributed by atoms with Gasteiger partial charge in [-0.3, -0.25) is 4.79 Å². The minimum atomic E-state index is 0.439. The van der Waals surface area contributed by atoms with Crippen LogP contribution in [0.1, 0.15) is 51.4 Å². The van der Waals surface area contributed by atoms with E-state index in [4.69, 9.17) is 0 Å². The normalized spacial score (nSPS) is 25.8. The van der Waals surface area contributed by atoms with E-state index in [0.29, 0.717) is 17.9 Å². The molecule has 102 valence electrons. The molecule has 0 atom stereocenters. The Morgan fingerprint density at radius 2 is 1.72 bits per heavy atom. The molecule has 0 spiro atoms. The quantitative estimate of drug-likeness (QED) is 0.811. The van der Waals surface area contributed by atoms with Gasteiger partial charge in [-0.25, -0.2) is 0 Å². The first-order valence-electron chi connectivity index (χ1n) is 7.83. The lowest BCUT2D eigenvalue weighted by Gasteiger charge is -2.33. The van der Waals surface area contributed by atoms with Gasteiger partial charge in [0.2, 0.25) is 5.91 Å². The Kier molecular flexibility index (Phi) is 3.88. The first kappa shape index (κ1) is 12.5. The molecule has 2 aliphatic carbocycles. The molecule has 1 amide bonds. The molecule has 0 unspecified atom stereocenters. The highest BCUT2D eigenvalue weighted by atomic mass is 16.2. The number of rotatable bonds is 5. The van der Waals surface area contributed by atoms with Gasteiger partial charge in [0.1, 0.15) is 0 Å². The predicted octanol–water partition coefficient (Wildman–Crippen LogP) is 2.17. The Morgan fingerprint density at radius 1 is 1.00 bits per heavy atom. The molecule has 3 nitrogen and oxygen atoms in total. The van der Waals surface area contributed by atoms with Crippen molar-refractivity contribution in [3.05, 3.63) is 0 Å². The van der Waals surface area contributed by atoms with Crippen molar-refractivity contribution in [2.75, 3.05) is 19.6 Å². The number of amides is 1. The van der Waals surface area contributed by atoms with Gasteiger partial charge in [-0.1, -0.05) is 19.3 Å². The van der Waals surface area contributed by atoms with E-state index in [2.05, 4.69) is 10.2 Å². The standard InChI is InChI=1S/C15H26N2O/c18-15(8-13-9-16-10-13)17(14-6-7-14)11-12-4-2-1-3-5-12/h12-14,16H,1-11H2. The Bertz CT molecular complexity index is 291. The van der Waals surface area contributed by atoms with Gasteiger partial charge in [0.05, 0.1) is 0 Å². The van der Waals surface area contributed by atoms with Crippen LogP contribution >= 0.6 is 0 Å². The number of hydrogen-bond acceptors (Lipinski definition) is 2. The number of hydrogen-bond donors (Lipinski definition) is 1. The summed E-state index contributed by atoms with van der Waals surface area (Å²) in [5.41, 5.74) is 0. The summed E-state index contributed by atoms with van der Waals surface area (Å²) in [7, 11) is 0. The molecule has 0 bridgehead atoms. The molecule has 0 aromatic rings. The van der Waals surface area contributed by atoms with Crippen LogP contribution in [-0.4, -0.2) is 36.5 Å². The molecule has 3 fully saturated rings. The summed E-state index contributed by atoms with van der Waals surface area (Å²) < 4.78 is 0. The van der Waals surface area contributed by atoms with E-state index in [9.17, 15) is 4.79 Å². The van der Waals surface area contributed by atoms with Crippen molar-refractivity contribution in [3.8, 4) is 0 Å². The second kappa shape index (κ2) is 5.60. The van der Waals surface area contributed by atoms with Gasteiger partial charge in [0.15, 0.2) is 0 Å². The lowest BCUT2D eigenvalue weighted by Crippen LogP contribution is -2.46. The highest BCUT2D eigenvalue weighted by Crippen LogP contribution is 2.32. The van der Waals surface area contributed by atoms with Crippen molar-refractivity contribution in [1.82, 2.24) is 10.2 Å². The minimum absolute atomic E-state index is 0.439. The molecule has 0 aromatic carbocycles. The molecular formula is C15H26N2O. The largest absolute Gasteiger partial charge is 0.339 e. The Morgan fingerprint density at radius 3 is 2.28 bits per heavy atom. The summed E-state index contributed by atoms with van der Waals surface area (Å²) in [5, 5.41) is 3.26. The van der Waals surface area contributed by atoms with E-state index >= 15 is 0 Å². The fourth-order valence-corrected chi connectivity index (χ4v) is 3.35. The van der Waals surface area contributed by atoms with Crippen LogP contribution in [0.15, 0.2) is 0 Å². The zero-order valence-electron chi connectivity index (χ0n) is 11.4. The fourth-order valence-electron chi connectivity index (χ4n) is 3.35. The van der Waals surface area contributed by atoms with Crippen molar-refractivity contribution in [1.29, 1.82) is 0 Å². The summed E-state index contributed by atoms with van der Waals surface area (Å²) in [6.07, 6.45) is 10.2. The van der Waals surface area contributed by atoms with E-state index in [1.807, 2.05) is 0 Å². The molecular weight excluding hydrogens is 224 g/mol. The Balaban J connectivity index is 1.51. The lowest BCUT2D eigenvalue weighted by molar-refractivity contribution is -0.134. The Hall–Kier alpha value is -0.570. The van der Waals surface area contributed by atoms with Crippen molar-refractivity contribution in [2.45, 2.75) is 57.4 Å². The van der Waals surface area contributed by atoms with E-state index < -0.39 is 0 Å². The second-order valence-corrected chi connectivity index (χ2v) is 6.51. The van der Waals surface area contributed by atoms with Gasteiger partial charge in [-0.2, -0.15) is 0 Å². The number of nitrogens with zero attached hydrogens (tertiary/aromatic N) is 1. The predicted molar refractivity (Wildman–Crippen MR) is 72.3 cm³/mol. The highest BCUT2D eigenvalue weighted by molar-refractivity contribution is 5.77. The summed E-state index contributed by atoms with van der Waals surface area (Å²) >= 11 is 0. The number of carbonyl (C=O) groups is 1. The van der Waals surface area contributed by atoms with E-state index in [0.717, 1.165) is 32.0 Å². The van der Waals surface area contributed by atoms with Crippen LogP contribution in [0.5, 0.6) is 0 Å². The maximum Gasteiger partial charge on any atom is 0.223 e. The summed E-state index contributed by atoms with van der Waals surface area (Å²) in [4.78, 5) is 14.6. The summed E-state index contributed by atoms with van der Waals surface area (Å²) in [6.45, 7) is 3.16. The van der Waals surface area contributed by atoms with Gasteiger partial charge in [0.25, 0.3) is 0 Å². The monoisotopic (exact) mass is 250 g/mol. The fraction of sp³-hybridized carbons (Fsp3) is 0.933. The van der Waals surface area contributed by atoms with Crippen LogP contribution in [0.25, 0.3) is 0 Å². The molecule has 0 aromatic heterocycles. The van der Waals surface area contributed by atoms with Crippen LogP contribution in [0.4, 0.5) is 0 Å². The van der Waals surface area contributed by atoms with Crippen molar-refractivity contribution < 1.29 is 4.79 Å². The summed E-state index contributed by atoms with van der Waals surface area (Å²) in [5.74, 6) is 1.85. The van der Waals surface area contributed by atoms with Crippen molar-refractivity contribution in [3.63, 3.8) is 0 Å². The lowest BCUT2D eigenvalue weighted by atomic mass is 9.88. The first-order valence-corrected chi connectivity index (χ1v) is 7.83. The molecule has 0 radical (unpaired) electrons. The van der Waals surface area contributed by atoms with Crippen molar-refractivity contribution >= 4 is 5.91 Å². The number of carbonyl (C=O) groups excluding carboxylic acids is 1. The van der Waals surface area contributed by atoms with Gasteiger partial charge < -0.3 is 10.2 Å². The molecule has 1 saturated heterocycles. The molecule has 18 heavy (non-hydrogen) atoms. The zero-order valence-corrected chi connectivity index (χ0v) is 11.4. The summed E-state index contributed by atoms with van der Waals surface area (Å²) in [6, 6.07) is 0.604. The topological polar surface area (TPSA) is 32.3 Å². The van der Waals surface area contributed by atoms with Crippen molar-refractivity contribution in [2.24, 2.45) is 11.8 Å². The van der Waals surface area contributed by atoms with Crippen LogP contribution in [0, 0.1) is 11.8 Å². The third kappa shape index (κ3) is 3.05. The molecule has 3 heteroatoms. The molecule has 1 aliphatic heterocycles. The zero-order chi connectivity index (χ0) is 12.4.